The van der Waals surface area contributed by atoms with Gasteiger partial charge in [0.2, 0.25) is 15.9 Å². The second-order valence-electron chi connectivity index (χ2n) is 6.90. The molecule has 0 unspecified atom stereocenters. The van der Waals surface area contributed by atoms with Gasteiger partial charge in [-0.2, -0.15) is 4.31 Å². The minimum atomic E-state index is -3.78. The Hall–Kier alpha value is -2.33. The molecule has 2 aromatic carbocycles. The van der Waals surface area contributed by atoms with Crippen LogP contribution in [0.1, 0.15) is 12.0 Å². The Morgan fingerprint density at radius 3 is 2.42 bits per heavy atom. The quantitative estimate of drug-likeness (QED) is 0.640. The van der Waals surface area contributed by atoms with Gasteiger partial charge >= 0.3 is 0 Å². The molecule has 10 heteroatoms. The van der Waals surface area contributed by atoms with Crippen LogP contribution in [0.5, 0.6) is 11.5 Å². The van der Waals surface area contributed by atoms with Crippen LogP contribution in [0, 0.1) is 0 Å². The van der Waals surface area contributed by atoms with Crippen LogP contribution in [0.15, 0.2) is 41.3 Å². The van der Waals surface area contributed by atoms with Gasteiger partial charge in [-0.05, 0) is 42.3 Å². The predicted molar refractivity (Wildman–Crippen MR) is 118 cm³/mol. The molecule has 1 heterocycles. The van der Waals surface area contributed by atoms with Crippen LogP contribution in [-0.4, -0.2) is 59.2 Å². The molecule has 0 radical (unpaired) electrons. The number of hydrogen-bond acceptors (Lipinski definition) is 6. The second-order valence-corrected chi connectivity index (χ2v) is 9.21. The molecule has 0 aromatic heterocycles. The highest BCUT2D eigenvalue weighted by Gasteiger charge is 2.29. The number of methoxy groups -OCH3 is 2. The van der Waals surface area contributed by atoms with Crippen LogP contribution >= 0.6 is 11.6 Å². The number of halogens is 1. The van der Waals surface area contributed by atoms with Crippen LogP contribution < -0.4 is 14.8 Å². The number of hydrogen-bond donors (Lipinski definition) is 1. The molecule has 1 aliphatic heterocycles. The van der Waals surface area contributed by atoms with E-state index in [4.69, 9.17) is 25.8 Å². The van der Waals surface area contributed by atoms with E-state index < -0.39 is 10.0 Å². The SMILES string of the molecule is COc1ccc(CCC(=O)Nc2ccc(OC)c(S(=O)(=O)N3CCOCC3)c2)cc1Cl. The summed E-state index contributed by atoms with van der Waals surface area (Å²) in [7, 11) is -0.832. The van der Waals surface area contributed by atoms with E-state index in [2.05, 4.69) is 5.32 Å². The zero-order chi connectivity index (χ0) is 22.4. The van der Waals surface area contributed by atoms with Gasteiger partial charge in [-0.3, -0.25) is 4.79 Å². The van der Waals surface area contributed by atoms with Gasteiger partial charge in [0.05, 0.1) is 32.5 Å². The Kier molecular flexibility index (Phi) is 7.77. The normalized spacial score (nSPS) is 14.8. The highest BCUT2D eigenvalue weighted by molar-refractivity contribution is 7.89. The van der Waals surface area contributed by atoms with Gasteiger partial charge in [-0.15, -0.1) is 0 Å². The summed E-state index contributed by atoms with van der Waals surface area (Å²) in [5.41, 5.74) is 1.27. The van der Waals surface area contributed by atoms with Gasteiger partial charge in [0.1, 0.15) is 16.4 Å². The molecule has 0 spiro atoms. The van der Waals surface area contributed by atoms with Crippen molar-refractivity contribution < 1.29 is 27.4 Å². The molecule has 1 N–H and O–H groups in total. The maximum Gasteiger partial charge on any atom is 0.246 e. The van der Waals surface area contributed by atoms with Crippen LogP contribution in [-0.2, 0) is 26.0 Å². The largest absolute Gasteiger partial charge is 0.495 e. The van der Waals surface area contributed by atoms with Crippen molar-refractivity contribution in [3.05, 3.63) is 47.0 Å². The number of rotatable bonds is 8. The Balaban J connectivity index is 1.70. The van der Waals surface area contributed by atoms with Crippen molar-refractivity contribution in [3.8, 4) is 11.5 Å². The first-order chi connectivity index (χ1) is 14.8. The van der Waals surface area contributed by atoms with Gasteiger partial charge in [0, 0.05) is 25.2 Å². The highest BCUT2D eigenvalue weighted by atomic mass is 35.5. The number of sulfonamides is 1. The molecule has 1 fully saturated rings. The summed E-state index contributed by atoms with van der Waals surface area (Å²) in [5.74, 6) is 0.548. The molecule has 0 saturated carbocycles. The first-order valence-corrected chi connectivity index (χ1v) is 11.5. The van der Waals surface area contributed by atoms with E-state index in [0.717, 1.165) is 5.56 Å². The molecule has 0 atom stereocenters. The number of carbonyl (C=O) groups excluding carboxylic acids is 1. The lowest BCUT2D eigenvalue weighted by Gasteiger charge is -2.26. The molecule has 31 heavy (non-hydrogen) atoms. The van der Waals surface area contributed by atoms with Gasteiger partial charge in [0.15, 0.2) is 0 Å². The summed E-state index contributed by atoms with van der Waals surface area (Å²) in [6.07, 6.45) is 0.685. The third-order valence-electron chi connectivity index (χ3n) is 4.89. The van der Waals surface area contributed by atoms with Crippen molar-refractivity contribution in [1.82, 2.24) is 4.31 Å². The van der Waals surface area contributed by atoms with Gasteiger partial charge in [-0.1, -0.05) is 17.7 Å². The van der Waals surface area contributed by atoms with Gasteiger partial charge in [0.25, 0.3) is 0 Å². The Labute approximate surface area is 187 Å². The van der Waals surface area contributed by atoms with Crippen LogP contribution in [0.2, 0.25) is 5.02 Å². The second kappa shape index (κ2) is 10.3. The Bertz CT molecular complexity index is 1040. The number of anilines is 1. The van der Waals surface area contributed by atoms with E-state index in [1.165, 1.54) is 30.7 Å². The summed E-state index contributed by atoms with van der Waals surface area (Å²) in [5, 5.41) is 3.24. The number of benzene rings is 2. The van der Waals surface area contributed by atoms with Crippen molar-refractivity contribution in [2.75, 3.05) is 45.8 Å². The maximum absolute atomic E-state index is 13.1. The zero-order valence-corrected chi connectivity index (χ0v) is 19.0. The van der Waals surface area contributed by atoms with E-state index in [9.17, 15) is 13.2 Å². The number of nitrogens with zero attached hydrogens (tertiary/aromatic N) is 1. The standard InChI is InChI=1S/C21H25ClN2O6S/c1-28-18-6-3-15(13-17(18)22)4-8-21(25)23-16-5-7-19(29-2)20(14-16)31(26,27)24-9-11-30-12-10-24/h3,5-7,13-14H,4,8-12H2,1-2H3,(H,23,25). The summed E-state index contributed by atoms with van der Waals surface area (Å²) in [4.78, 5) is 12.4. The van der Waals surface area contributed by atoms with E-state index in [0.29, 0.717) is 36.1 Å². The maximum atomic E-state index is 13.1. The van der Waals surface area contributed by atoms with Crippen LogP contribution in [0.3, 0.4) is 0 Å². The molecule has 1 saturated heterocycles. The van der Waals surface area contributed by atoms with Gasteiger partial charge in [-0.25, -0.2) is 8.42 Å². The topological polar surface area (TPSA) is 94.2 Å². The minimum Gasteiger partial charge on any atom is -0.495 e. The smallest absolute Gasteiger partial charge is 0.246 e. The molecule has 1 aliphatic rings. The van der Waals surface area contributed by atoms with Gasteiger partial charge < -0.3 is 19.5 Å². The molecular formula is C21H25ClN2O6S. The van der Waals surface area contributed by atoms with Crippen LogP contribution in [0.25, 0.3) is 0 Å². The molecule has 168 valence electrons. The first-order valence-electron chi connectivity index (χ1n) is 9.73. The number of amides is 1. The zero-order valence-electron chi connectivity index (χ0n) is 17.4. The fraction of sp³-hybridized carbons (Fsp3) is 0.381. The van der Waals surface area contributed by atoms with E-state index in [-0.39, 0.29) is 36.1 Å². The predicted octanol–water partition coefficient (Wildman–Crippen LogP) is 2.95. The lowest BCUT2D eigenvalue weighted by Crippen LogP contribution is -2.40. The van der Waals surface area contributed by atoms with E-state index in [1.54, 1.807) is 18.2 Å². The van der Waals surface area contributed by atoms with Crippen molar-refractivity contribution >= 4 is 33.2 Å². The molecule has 0 aliphatic carbocycles. The number of nitrogens with one attached hydrogen (secondary N) is 1. The third-order valence-corrected chi connectivity index (χ3v) is 7.11. The summed E-state index contributed by atoms with van der Waals surface area (Å²) in [6.45, 7) is 1.22. The number of ether oxygens (including phenoxy) is 3. The van der Waals surface area contributed by atoms with Crippen molar-refractivity contribution in [3.63, 3.8) is 0 Å². The Morgan fingerprint density at radius 2 is 1.77 bits per heavy atom. The van der Waals surface area contributed by atoms with E-state index >= 15 is 0 Å². The number of morpholine rings is 1. The minimum absolute atomic E-state index is 0.0108. The number of carbonyl (C=O) groups is 1. The average molecular weight is 469 g/mol. The number of aryl methyl sites for hydroxylation is 1. The van der Waals surface area contributed by atoms with Crippen molar-refractivity contribution in [2.45, 2.75) is 17.7 Å². The lowest BCUT2D eigenvalue weighted by molar-refractivity contribution is -0.116. The lowest BCUT2D eigenvalue weighted by atomic mass is 10.1. The molecule has 0 bridgehead atoms. The average Bonchev–Trinajstić information content (AvgIpc) is 2.78. The Morgan fingerprint density at radius 1 is 1.10 bits per heavy atom. The van der Waals surface area contributed by atoms with Crippen molar-refractivity contribution in [1.29, 1.82) is 0 Å². The molecular weight excluding hydrogens is 444 g/mol. The third kappa shape index (κ3) is 5.68. The molecule has 2 aromatic rings. The van der Waals surface area contributed by atoms with Crippen LogP contribution in [0.4, 0.5) is 5.69 Å². The first kappa shape index (κ1) is 23.3. The highest BCUT2D eigenvalue weighted by Crippen LogP contribution is 2.30. The molecule has 1 amide bonds. The summed E-state index contributed by atoms with van der Waals surface area (Å²) in [6, 6.07) is 9.92. The van der Waals surface area contributed by atoms with E-state index in [1.807, 2.05) is 6.07 Å². The summed E-state index contributed by atoms with van der Waals surface area (Å²) >= 11 is 6.12. The van der Waals surface area contributed by atoms with Crippen molar-refractivity contribution in [2.24, 2.45) is 0 Å². The fourth-order valence-electron chi connectivity index (χ4n) is 3.23. The summed E-state index contributed by atoms with van der Waals surface area (Å²) < 4.78 is 43.1. The monoisotopic (exact) mass is 468 g/mol. The molecule has 8 nitrogen and oxygen atoms in total. The fourth-order valence-corrected chi connectivity index (χ4v) is 5.10. The molecule has 3 rings (SSSR count).